The van der Waals surface area contributed by atoms with E-state index >= 15 is 0 Å². The number of rotatable bonds is 4. The lowest BCUT2D eigenvalue weighted by molar-refractivity contribution is -0.195. The zero-order valence-corrected chi connectivity index (χ0v) is 10.1. The van der Waals surface area contributed by atoms with E-state index in [1.54, 1.807) is 0 Å². The van der Waals surface area contributed by atoms with Crippen LogP contribution in [0.3, 0.4) is 0 Å². The first-order valence-electron chi connectivity index (χ1n) is 5.95. The molecule has 1 saturated carbocycles. The second-order valence-corrected chi connectivity index (χ2v) is 4.80. The van der Waals surface area contributed by atoms with E-state index in [9.17, 15) is 13.2 Å². The van der Waals surface area contributed by atoms with Crippen molar-refractivity contribution in [3.05, 3.63) is 35.4 Å². The van der Waals surface area contributed by atoms with Gasteiger partial charge in [-0.05, 0) is 31.2 Å². The Morgan fingerprint density at radius 2 is 2.06 bits per heavy atom. The minimum absolute atomic E-state index is 0.0258. The molecule has 1 aliphatic carbocycles. The first-order chi connectivity index (χ1) is 8.44. The summed E-state index contributed by atoms with van der Waals surface area (Å²) in [5.41, 5.74) is 4.93. The molecule has 0 spiro atoms. The van der Waals surface area contributed by atoms with Gasteiger partial charge in [-0.25, -0.2) is 0 Å². The molecule has 2 rings (SSSR count). The fraction of sp³-hybridized carbons (Fsp3) is 0.538. The van der Waals surface area contributed by atoms with Crippen molar-refractivity contribution >= 4 is 0 Å². The SMILES string of the molecule is Cc1cccc(C2CC(NOCC(F)(F)F)C2)c1. The van der Waals surface area contributed by atoms with Gasteiger partial charge in [-0.15, -0.1) is 0 Å². The first kappa shape index (κ1) is 13.4. The van der Waals surface area contributed by atoms with E-state index in [0.717, 1.165) is 12.8 Å². The summed E-state index contributed by atoms with van der Waals surface area (Å²) in [6.45, 7) is 0.795. The third kappa shape index (κ3) is 3.71. The maximum absolute atomic E-state index is 11.8. The molecule has 0 saturated heterocycles. The van der Waals surface area contributed by atoms with Crippen molar-refractivity contribution in [1.82, 2.24) is 5.48 Å². The number of alkyl halides is 3. The highest BCUT2D eigenvalue weighted by Crippen LogP contribution is 2.37. The summed E-state index contributed by atoms with van der Waals surface area (Å²) >= 11 is 0. The predicted molar refractivity (Wildman–Crippen MR) is 62.1 cm³/mol. The largest absolute Gasteiger partial charge is 0.413 e. The van der Waals surface area contributed by atoms with Crippen molar-refractivity contribution in [3.63, 3.8) is 0 Å². The monoisotopic (exact) mass is 259 g/mol. The number of halogens is 3. The Hall–Kier alpha value is -1.07. The fourth-order valence-corrected chi connectivity index (χ4v) is 2.15. The number of hydrogen-bond donors (Lipinski definition) is 1. The molecule has 100 valence electrons. The van der Waals surface area contributed by atoms with Crippen LogP contribution in [0, 0.1) is 6.92 Å². The van der Waals surface area contributed by atoms with E-state index in [2.05, 4.69) is 22.5 Å². The third-order valence-corrected chi connectivity index (χ3v) is 3.14. The molecule has 1 aromatic rings. The van der Waals surface area contributed by atoms with E-state index < -0.39 is 12.8 Å². The van der Waals surface area contributed by atoms with Gasteiger partial charge in [0.1, 0.15) is 0 Å². The van der Waals surface area contributed by atoms with E-state index in [0.29, 0.717) is 5.92 Å². The van der Waals surface area contributed by atoms with Gasteiger partial charge in [0.2, 0.25) is 0 Å². The molecule has 0 bridgehead atoms. The summed E-state index contributed by atoms with van der Waals surface area (Å²) in [6, 6.07) is 8.25. The minimum Gasteiger partial charge on any atom is -0.292 e. The Kier molecular flexibility index (Phi) is 3.92. The molecule has 0 unspecified atom stereocenters. The summed E-state index contributed by atoms with van der Waals surface area (Å²) in [7, 11) is 0. The van der Waals surface area contributed by atoms with Crippen LogP contribution in [0.2, 0.25) is 0 Å². The lowest BCUT2D eigenvalue weighted by atomic mass is 9.76. The summed E-state index contributed by atoms with van der Waals surface area (Å²) in [6.07, 6.45) is -2.63. The van der Waals surface area contributed by atoms with Crippen LogP contribution < -0.4 is 5.48 Å². The van der Waals surface area contributed by atoms with E-state index in [-0.39, 0.29) is 6.04 Å². The average Bonchev–Trinajstić information content (AvgIpc) is 2.19. The molecule has 5 heteroatoms. The molecule has 1 aliphatic rings. The summed E-state index contributed by atoms with van der Waals surface area (Å²) in [5, 5.41) is 0. The molecule has 1 N–H and O–H groups in total. The van der Waals surface area contributed by atoms with Crippen LogP contribution in [0.5, 0.6) is 0 Å². The smallest absolute Gasteiger partial charge is 0.292 e. The third-order valence-electron chi connectivity index (χ3n) is 3.14. The zero-order chi connectivity index (χ0) is 13.2. The standard InChI is InChI=1S/C13H16F3NO/c1-9-3-2-4-10(5-9)11-6-12(7-11)17-18-8-13(14,15)16/h2-5,11-12,17H,6-8H2,1H3. The fourth-order valence-electron chi connectivity index (χ4n) is 2.15. The van der Waals surface area contributed by atoms with Crippen LogP contribution in [0.1, 0.15) is 29.9 Å². The second kappa shape index (κ2) is 5.28. The van der Waals surface area contributed by atoms with Crippen molar-refractivity contribution in [2.75, 3.05) is 6.61 Å². The highest BCUT2D eigenvalue weighted by atomic mass is 19.4. The van der Waals surface area contributed by atoms with Crippen molar-refractivity contribution in [2.24, 2.45) is 0 Å². The van der Waals surface area contributed by atoms with Gasteiger partial charge in [-0.3, -0.25) is 4.84 Å². The summed E-state index contributed by atoms with van der Waals surface area (Å²) in [5.74, 6) is 0.428. The van der Waals surface area contributed by atoms with Crippen LogP contribution in [0.4, 0.5) is 13.2 Å². The van der Waals surface area contributed by atoms with Crippen molar-refractivity contribution in [2.45, 2.75) is 37.9 Å². The van der Waals surface area contributed by atoms with Crippen molar-refractivity contribution < 1.29 is 18.0 Å². The molecule has 0 radical (unpaired) electrons. The Balaban J connectivity index is 1.71. The predicted octanol–water partition coefficient (Wildman–Crippen LogP) is 3.32. The molecule has 0 aliphatic heterocycles. The molecular weight excluding hydrogens is 243 g/mol. The van der Waals surface area contributed by atoms with Crippen molar-refractivity contribution in [1.29, 1.82) is 0 Å². The molecule has 0 heterocycles. The molecule has 0 aromatic heterocycles. The van der Waals surface area contributed by atoms with Gasteiger partial charge in [-0.2, -0.15) is 18.7 Å². The van der Waals surface area contributed by atoms with Crippen LogP contribution in [-0.4, -0.2) is 18.8 Å². The Bertz CT molecular complexity index is 399. The van der Waals surface area contributed by atoms with Gasteiger partial charge in [0, 0.05) is 6.04 Å². The number of benzene rings is 1. The number of hydrogen-bond acceptors (Lipinski definition) is 2. The Labute approximate surface area is 104 Å². The molecule has 1 fully saturated rings. The van der Waals surface area contributed by atoms with Gasteiger partial charge in [0.05, 0.1) is 0 Å². The van der Waals surface area contributed by atoms with Gasteiger partial charge in [0.15, 0.2) is 6.61 Å². The van der Waals surface area contributed by atoms with Gasteiger partial charge < -0.3 is 0 Å². The number of aryl methyl sites for hydroxylation is 1. The molecule has 0 amide bonds. The zero-order valence-electron chi connectivity index (χ0n) is 10.1. The highest BCUT2D eigenvalue weighted by molar-refractivity contribution is 5.27. The molecule has 2 nitrogen and oxygen atoms in total. The Morgan fingerprint density at radius 1 is 1.33 bits per heavy atom. The van der Waals surface area contributed by atoms with Crippen molar-refractivity contribution in [3.8, 4) is 0 Å². The molecule has 0 atom stereocenters. The molecule has 1 aromatic carbocycles. The summed E-state index contributed by atoms with van der Waals surface area (Å²) < 4.78 is 35.5. The maximum Gasteiger partial charge on any atom is 0.413 e. The van der Waals surface area contributed by atoms with Gasteiger partial charge in [-0.1, -0.05) is 29.8 Å². The van der Waals surface area contributed by atoms with E-state index in [1.165, 1.54) is 11.1 Å². The van der Waals surface area contributed by atoms with E-state index in [4.69, 9.17) is 0 Å². The van der Waals surface area contributed by atoms with Crippen LogP contribution in [0.15, 0.2) is 24.3 Å². The number of nitrogens with one attached hydrogen (secondary N) is 1. The quantitative estimate of drug-likeness (QED) is 0.837. The van der Waals surface area contributed by atoms with Crippen LogP contribution in [0.25, 0.3) is 0 Å². The number of hydroxylamine groups is 1. The lowest BCUT2D eigenvalue weighted by Gasteiger charge is -2.36. The summed E-state index contributed by atoms with van der Waals surface area (Å²) in [4.78, 5) is 4.43. The average molecular weight is 259 g/mol. The first-order valence-corrected chi connectivity index (χ1v) is 5.95. The maximum atomic E-state index is 11.8. The van der Waals surface area contributed by atoms with Gasteiger partial charge >= 0.3 is 6.18 Å². The topological polar surface area (TPSA) is 21.3 Å². The molecule has 18 heavy (non-hydrogen) atoms. The van der Waals surface area contributed by atoms with Gasteiger partial charge in [0.25, 0.3) is 0 Å². The Morgan fingerprint density at radius 3 is 2.67 bits per heavy atom. The van der Waals surface area contributed by atoms with E-state index in [1.807, 2.05) is 19.1 Å². The van der Waals surface area contributed by atoms with Crippen LogP contribution >= 0.6 is 0 Å². The highest BCUT2D eigenvalue weighted by Gasteiger charge is 2.32. The lowest BCUT2D eigenvalue weighted by Crippen LogP contribution is -2.41. The molecular formula is C13H16F3NO. The normalized spacial score (nSPS) is 23.8. The van der Waals surface area contributed by atoms with Crippen LogP contribution in [-0.2, 0) is 4.84 Å². The minimum atomic E-state index is -4.27. The second-order valence-electron chi connectivity index (χ2n) is 4.80.